The Hall–Kier alpha value is -1.07. The molecule has 0 aromatic heterocycles. The van der Waals surface area contributed by atoms with E-state index in [2.05, 4.69) is 0 Å². The Morgan fingerprint density at radius 1 is 1.19 bits per heavy atom. The Morgan fingerprint density at radius 2 is 1.88 bits per heavy atom. The van der Waals surface area contributed by atoms with Crippen LogP contribution in [0.4, 0.5) is 5.69 Å². The Labute approximate surface area is 96.1 Å². The highest BCUT2D eigenvalue weighted by molar-refractivity contribution is 7.89. The molecule has 88 valence electrons. The Morgan fingerprint density at radius 3 is 2.50 bits per heavy atom. The summed E-state index contributed by atoms with van der Waals surface area (Å²) >= 11 is 0. The standard InChI is InChI=1S/C11H16N2O2S/c12-11-5-3-10(4-6-11)9-13-7-1-2-8-16(13,14)15/h3-6H,1-2,7-9,12H2. The molecule has 5 heteroatoms. The third-order valence-electron chi connectivity index (χ3n) is 2.79. The lowest BCUT2D eigenvalue weighted by Crippen LogP contribution is -2.37. The van der Waals surface area contributed by atoms with Gasteiger partial charge in [0.25, 0.3) is 0 Å². The maximum absolute atomic E-state index is 11.8. The molecular formula is C11H16N2O2S. The topological polar surface area (TPSA) is 63.4 Å². The highest BCUT2D eigenvalue weighted by Crippen LogP contribution is 2.17. The van der Waals surface area contributed by atoms with Gasteiger partial charge in [-0.05, 0) is 30.5 Å². The van der Waals surface area contributed by atoms with Gasteiger partial charge in [-0.3, -0.25) is 0 Å². The van der Waals surface area contributed by atoms with Crippen molar-refractivity contribution in [2.75, 3.05) is 18.0 Å². The molecule has 1 aromatic rings. The van der Waals surface area contributed by atoms with Crippen molar-refractivity contribution in [3.63, 3.8) is 0 Å². The minimum atomic E-state index is -3.03. The van der Waals surface area contributed by atoms with Gasteiger partial charge in [-0.15, -0.1) is 0 Å². The van der Waals surface area contributed by atoms with Crippen molar-refractivity contribution < 1.29 is 8.42 Å². The first-order chi connectivity index (χ1) is 7.58. The molecule has 0 bridgehead atoms. The fourth-order valence-corrected chi connectivity index (χ4v) is 3.43. The van der Waals surface area contributed by atoms with Crippen molar-refractivity contribution in [3.8, 4) is 0 Å². The number of rotatable bonds is 2. The smallest absolute Gasteiger partial charge is 0.214 e. The van der Waals surface area contributed by atoms with Gasteiger partial charge < -0.3 is 5.73 Å². The summed E-state index contributed by atoms with van der Waals surface area (Å²) in [6.07, 6.45) is 1.73. The van der Waals surface area contributed by atoms with Gasteiger partial charge in [0.05, 0.1) is 5.75 Å². The third kappa shape index (κ3) is 2.54. The monoisotopic (exact) mass is 240 g/mol. The van der Waals surface area contributed by atoms with E-state index in [1.165, 1.54) is 0 Å². The molecule has 0 unspecified atom stereocenters. The molecule has 0 aliphatic carbocycles. The van der Waals surface area contributed by atoms with Crippen molar-refractivity contribution in [2.24, 2.45) is 0 Å². The fourth-order valence-electron chi connectivity index (χ4n) is 1.84. The van der Waals surface area contributed by atoms with Crippen LogP contribution in [0, 0.1) is 0 Å². The average molecular weight is 240 g/mol. The summed E-state index contributed by atoms with van der Waals surface area (Å²) in [5, 5.41) is 0. The van der Waals surface area contributed by atoms with Crippen LogP contribution in [-0.4, -0.2) is 25.0 Å². The maximum atomic E-state index is 11.8. The van der Waals surface area contributed by atoms with Crippen molar-refractivity contribution in [1.82, 2.24) is 4.31 Å². The van der Waals surface area contributed by atoms with Gasteiger partial charge in [0.15, 0.2) is 0 Å². The van der Waals surface area contributed by atoms with Crippen LogP contribution in [0.25, 0.3) is 0 Å². The van der Waals surface area contributed by atoms with Gasteiger partial charge in [-0.2, -0.15) is 4.31 Å². The second kappa shape index (κ2) is 4.43. The number of benzene rings is 1. The van der Waals surface area contributed by atoms with Crippen LogP contribution in [0.5, 0.6) is 0 Å². The lowest BCUT2D eigenvalue weighted by Gasteiger charge is -2.26. The molecule has 2 N–H and O–H groups in total. The van der Waals surface area contributed by atoms with E-state index in [4.69, 9.17) is 5.73 Å². The molecule has 4 nitrogen and oxygen atoms in total. The molecule has 1 aromatic carbocycles. The van der Waals surface area contributed by atoms with Crippen LogP contribution < -0.4 is 5.73 Å². The van der Waals surface area contributed by atoms with E-state index in [9.17, 15) is 8.42 Å². The van der Waals surface area contributed by atoms with Crippen LogP contribution in [0.3, 0.4) is 0 Å². The van der Waals surface area contributed by atoms with Crippen LogP contribution in [0.1, 0.15) is 18.4 Å². The molecule has 0 spiro atoms. The van der Waals surface area contributed by atoms with Crippen LogP contribution >= 0.6 is 0 Å². The molecule has 0 radical (unpaired) electrons. The first kappa shape index (κ1) is 11.4. The van der Waals surface area contributed by atoms with Gasteiger partial charge in [0, 0.05) is 18.8 Å². The second-order valence-corrected chi connectivity index (χ2v) is 6.19. The number of sulfonamides is 1. The minimum absolute atomic E-state index is 0.280. The molecule has 2 rings (SSSR count). The summed E-state index contributed by atoms with van der Waals surface area (Å²) in [6.45, 7) is 1.09. The zero-order valence-corrected chi connectivity index (χ0v) is 9.91. The largest absolute Gasteiger partial charge is 0.399 e. The summed E-state index contributed by atoms with van der Waals surface area (Å²) in [7, 11) is -3.03. The highest BCUT2D eigenvalue weighted by atomic mass is 32.2. The first-order valence-corrected chi connectivity index (χ1v) is 7.01. The van der Waals surface area contributed by atoms with E-state index in [0.29, 0.717) is 18.8 Å². The normalized spacial score (nSPS) is 20.8. The molecule has 0 saturated carbocycles. The number of nitrogens with two attached hydrogens (primary N) is 1. The van der Waals surface area contributed by atoms with Crippen molar-refractivity contribution in [3.05, 3.63) is 29.8 Å². The predicted octanol–water partition coefficient (Wildman–Crippen LogP) is 1.19. The first-order valence-electron chi connectivity index (χ1n) is 5.40. The fraction of sp³-hybridized carbons (Fsp3) is 0.455. The molecule has 1 heterocycles. The summed E-state index contributed by atoms with van der Waals surface area (Å²) in [6, 6.07) is 7.34. The Kier molecular flexibility index (Phi) is 3.16. The number of hydrogen-bond donors (Lipinski definition) is 1. The lowest BCUT2D eigenvalue weighted by atomic mass is 10.2. The Bertz CT molecular complexity index is 453. The molecule has 1 fully saturated rings. The highest BCUT2D eigenvalue weighted by Gasteiger charge is 2.25. The van der Waals surface area contributed by atoms with Crippen LogP contribution in [-0.2, 0) is 16.6 Å². The van der Waals surface area contributed by atoms with E-state index < -0.39 is 10.0 Å². The van der Waals surface area contributed by atoms with E-state index in [0.717, 1.165) is 18.4 Å². The van der Waals surface area contributed by atoms with Crippen molar-refractivity contribution in [1.29, 1.82) is 0 Å². The van der Waals surface area contributed by atoms with E-state index in [1.807, 2.05) is 12.1 Å². The zero-order valence-electron chi connectivity index (χ0n) is 9.09. The summed E-state index contributed by atoms with van der Waals surface area (Å²) < 4.78 is 25.1. The molecule has 0 atom stereocenters. The third-order valence-corrected chi connectivity index (χ3v) is 4.69. The van der Waals surface area contributed by atoms with Gasteiger partial charge >= 0.3 is 0 Å². The number of anilines is 1. The number of hydrogen-bond acceptors (Lipinski definition) is 3. The average Bonchev–Trinajstić information content (AvgIpc) is 2.24. The molecule has 1 aliphatic heterocycles. The van der Waals surface area contributed by atoms with Crippen LogP contribution in [0.2, 0.25) is 0 Å². The maximum Gasteiger partial charge on any atom is 0.214 e. The molecule has 1 aliphatic rings. The van der Waals surface area contributed by atoms with E-state index in [-0.39, 0.29) is 5.75 Å². The van der Waals surface area contributed by atoms with Crippen molar-refractivity contribution >= 4 is 15.7 Å². The molecule has 1 saturated heterocycles. The predicted molar refractivity (Wildman–Crippen MR) is 64.3 cm³/mol. The quantitative estimate of drug-likeness (QED) is 0.790. The van der Waals surface area contributed by atoms with Gasteiger partial charge in [0.1, 0.15) is 0 Å². The second-order valence-electron chi connectivity index (χ2n) is 4.10. The molecule has 0 amide bonds. The SMILES string of the molecule is Nc1ccc(CN2CCCCS2(=O)=O)cc1. The van der Waals surface area contributed by atoms with Crippen molar-refractivity contribution in [2.45, 2.75) is 19.4 Å². The van der Waals surface area contributed by atoms with Crippen LogP contribution in [0.15, 0.2) is 24.3 Å². The van der Waals surface area contributed by atoms with Gasteiger partial charge in [-0.1, -0.05) is 12.1 Å². The Balaban J connectivity index is 2.11. The zero-order chi connectivity index (χ0) is 11.6. The van der Waals surface area contributed by atoms with E-state index >= 15 is 0 Å². The number of nitrogens with zero attached hydrogens (tertiary/aromatic N) is 1. The minimum Gasteiger partial charge on any atom is -0.399 e. The summed E-state index contributed by atoms with van der Waals surface area (Å²) in [5.74, 6) is 0.280. The summed E-state index contributed by atoms with van der Waals surface area (Å²) in [5.41, 5.74) is 7.27. The molecular weight excluding hydrogens is 224 g/mol. The van der Waals surface area contributed by atoms with Gasteiger partial charge in [-0.25, -0.2) is 8.42 Å². The lowest BCUT2D eigenvalue weighted by molar-refractivity contribution is 0.378. The molecule has 16 heavy (non-hydrogen) atoms. The summed E-state index contributed by atoms with van der Waals surface area (Å²) in [4.78, 5) is 0. The number of nitrogen functional groups attached to an aromatic ring is 1. The van der Waals surface area contributed by atoms with E-state index in [1.54, 1.807) is 16.4 Å². The van der Waals surface area contributed by atoms with Gasteiger partial charge in [0.2, 0.25) is 10.0 Å².